The Morgan fingerprint density at radius 1 is 1.20 bits per heavy atom. The van der Waals surface area contributed by atoms with E-state index < -0.39 is 24.2 Å². The van der Waals surface area contributed by atoms with Crippen molar-refractivity contribution < 1.29 is 43.5 Å². The maximum absolute atomic E-state index is 13.6. The molecule has 0 spiro atoms. The Labute approximate surface area is 250 Å². The first-order valence-electron chi connectivity index (χ1n) is 13.3. The highest BCUT2D eigenvalue weighted by atomic mass is 127. The summed E-state index contributed by atoms with van der Waals surface area (Å²) >= 11 is 2.01. The van der Waals surface area contributed by atoms with Crippen LogP contribution in [0.2, 0.25) is 0 Å². The van der Waals surface area contributed by atoms with E-state index in [9.17, 15) is 24.6 Å². The summed E-state index contributed by atoms with van der Waals surface area (Å²) in [6.45, 7) is 0.119. The second kappa shape index (κ2) is 12.7. The molecular weight excluding hydrogens is 647 g/mol. The van der Waals surface area contributed by atoms with Gasteiger partial charge in [0.1, 0.15) is 18.5 Å². The number of nitrogens with one attached hydrogen (secondary N) is 1. The molecule has 0 saturated heterocycles. The van der Waals surface area contributed by atoms with Gasteiger partial charge in [-0.1, -0.05) is 6.07 Å². The van der Waals surface area contributed by atoms with Crippen LogP contribution in [0.15, 0.2) is 42.0 Å². The number of benzene rings is 2. The Hall–Kier alpha value is -3.36. The molecule has 0 bridgehead atoms. The third-order valence-corrected chi connectivity index (χ3v) is 8.06. The van der Waals surface area contributed by atoms with Crippen LogP contribution >= 0.6 is 22.6 Å². The summed E-state index contributed by atoms with van der Waals surface area (Å²) < 4.78 is 23.2. The Balaban J connectivity index is 1.49. The number of aliphatic hydroxyl groups is 2. The second-order valence-electron chi connectivity index (χ2n) is 10.1. The van der Waals surface area contributed by atoms with Gasteiger partial charge in [-0.25, -0.2) is 0 Å². The number of ether oxygens (including phenoxy) is 4. The summed E-state index contributed by atoms with van der Waals surface area (Å²) in [4.78, 5) is 39.7. The van der Waals surface area contributed by atoms with E-state index in [2.05, 4.69) is 5.32 Å². The van der Waals surface area contributed by atoms with Crippen molar-refractivity contribution in [3.63, 3.8) is 0 Å². The molecule has 12 heteroatoms. The minimum atomic E-state index is -1.20. The van der Waals surface area contributed by atoms with Gasteiger partial charge in [-0.15, -0.1) is 0 Å². The van der Waals surface area contributed by atoms with Gasteiger partial charge >= 0.3 is 0 Å². The van der Waals surface area contributed by atoms with Gasteiger partial charge in [0.25, 0.3) is 0 Å². The van der Waals surface area contributed by atoms with Crippen molar-refractivity contribution in [2.24, 2.45) is 5.92 Å². The van der Waals surface area contributed by atoms with Gasteiger partial charge in [0.15, 0.2) is 23.0 Å². The molecule has 41 heavy (non-hydrogen) atoms. The topological polar surface area (TPSA) is 144 Å². The number of methoxy groups -OCH3 is 1. The summed E-state index contributed by atoms with van der Waals surface area (Å²) in [6, 6.07) is 7.79. The standard InChI is InChI=1S/C29H31IN2O9/c1-38-25-10-17(14-34)8-20(30)27(25)41-24-12-19(28(36)31-6-7-33)11-21(26(24)35)32(29(37)18-3-4-18)13-16-2-5-22-23(9-16)40-15-39-22/h2,5,8-10,12,14,18,21,24,26,33,35H,3-4,6-7,11,13,15H2,1H3,(H,31,36)/t21-,24+,26+/m1/s1. The van der Waals surface area contributed by atoms with Gasteiger partial charge in [0.2, 0.25) is 18.6 Å². The molecule has 2 amide bonds. The highest BCUT2D eigenvalue weighted by molar-refractivity contribution is 14.1. The van der Waals surface area contributed by atoms with E-state index in [1.807, 2.05) is 34.7 Å². The van der Waals surface area contributed by atoms with E-state index in [4.69, 9.17) is 18.9 Å². The van der Waals surface area contributed by atoms with E-state index in [0.29, 0.717) is 44.0 Å². The first-order valence-corrected chi connectivity index (χ1v) is 14.4. The number of halogens is 1. The number of nitrogens with zero attached hydrogens (tertiary/aromatic N) is 1. The van der Waals surface area contributed by atoms with Crippen molar-refractivity contribution in [1.82, 2.24) is 10.2 Å². The number of hydrogen-bond acceptors (Lipinski definition) is 9. The minimum absolute atomic E-state index is 0.0513. The molecule has 1 aliphatic heterocycles. The van der Waals surface area contributed by atoms with Crippen LogP contribution in [-0.4, -0.2) is 78.5 Å². The van der Waals surface area contributed by atoms with E-state index in [0.717, 1.165) is 18.4 Å². The SMILES string of the molecule is COc1cc(C=O)cc(I)c1O[C@H]1C=C(C(=O)NCCO)C[C@@H](N(Cc2ccc3c(c2)OCO3)C(=O)C2CC2)[C@@H]1O. The minimum Gasteiger partial charge on any atom is -0.493 e. The average Bonchev–Trinajstić information content (AvgIpc) is 3.73. The predicted octanol–water partition coefficient (Wildman–Crippen LogP) is 2.20. The van der Waals surface area contributed by atoms with Gasteiger partial charge in [0, 0.05) is 36.6 Å². The van der Waals surface area contributed by atoms with Crippen molar-refractivity contribution in [2.45, 2.75) is 44.1 Å². The van der Waals surface area contributed by atoms with Crippen molar-refractivity contribution in [1.29, 1.82) is 0 Å². The molecule has 0 radical (unpaired) electrons. The van der Waals surface area contributed by atoms with Crippen molar-refractivity contribution in [3.8, 4) is 23.0 Å². The van der Waals surface area contributed by atoms with Crippen LogP contribution in [0.3, 0.4) is 0 Å². The van der Waals surface area contributed by atoms with E-state index >= 15 is 0 Å². The van der Waals surface area contributed by atoms with Crippen LogP contribution in [0, 0.1) is 9.49 Å². The molecule has 1 fully saturated rings. The lowest BCUT2D eigenvalue weighted by Gasteiger charge is -2.41. The van der Waals surface area contributed by atoms with Crippen molar-refractivity contribution in [3.05, 3.63) is 56.7 Å². The molecule has 3 atom stereocenters. The maximum atomic E-state index is 13.6. The van der Waals surface area contributed by atoms with E-state index in [1.54, 1.807) is 17.0 Å². The Morgan fingerprint density at radius 2 is 1.98 bits per heavy atom. The largest absolute Gasteiger partial charge is 0.493 e. The van der Waals surface area contributed by atoms with E-state index in [-0.39, 0.29) is 44.7 Å². The highest BCUT2D eigenvalue weighted by Crippen LogP contribution is 2.39. The number of amides is 2. The lowest BCUT2D eigenvalue weighted by atomic mass is 9.87. The number of aldehydes is 1. The number of carbonyl (C=O) groups excluding carboxylic acids is 3. The predicted molar refractivity (Wildman–Crippen MR) is 154 cm³/mol. The third-order valence-electron chi connectivity index (χ3n) is 7.26. The molecule has 0 unspecified atom stereocenters. The zero-order chi connectivity index (χ0) is 29.1. The normalized spacial score (nSPS) is 21.1. The zero-order valence-corrected chi connectivity index (χ0v) is 24.5. The monoisotopic (exact) mass is 678 g/mol. The summed E-state index contributed by atoms with van der Waals surface area (Å²) in [5, 5.41) is 23.6. The first kappa shape index (κ1) is 29.1. The number of hydrogen-bond donors (Lipinski definition) is 3. The summed E-state index contributed by atoms with van der Waals surface area (Å²) in [5.41, 5.74) is 1.50. The lowest BCUT2D eigenvalue weighted by molar-refractivity contribution is -0.140. The fourth-order valence-corrected chi connectivity index (χ4v) is 5.75. The van der Waals surface area contributed by atoms with Crippen LogP contribution in [-0.2, 0) is 16.1 Å². The maximum Gasteiger partial charge on any atom is 0.247 e. The lowest BCUT2D eigenvalue weighted by Crippen LogP contribution is -2.55. The summed E-state index contributed by atoms with van der Waals surface area (Å²) in [6.07, 6.45) is 1.61. The summed E-state index contributed by atoms with van der Waals surface area (Å²) in [5.74, 6) is 1.11. The molecule has 2 aliphatic carbocycles. The number of rotatable bonds is 11. The fourth-order valence-electron chi connectivity index (χ4n) is 5.00. The van der Waals surface area contributed by atoms with Crippen molar-refractivity contribution >= 4 is 40.7 Å². The van der Waals surface area contributed by atoms with Crippen LogP contribution in [0.5, 0.6) is 23.0 Å². The second-order valence-corrected chi connectivity index (χ2v) is 11.3. The molecular formula is C29H31IN2O9. The Bertz CT molecular complexity index is 1360. The Morgan fingerprint density at radius 3 is 2.68 bits per heavy atom. The molecule has 1 heterocycles. The Kier molecular flexibility index (Phi) is 9.00. The van der Waals surface area contributed by atoms with Gasteiger partial charge < -0.3 is 39.4 Å². The zero-order valence-electron chi connectivity index (χ0n) is 22.4. The molecule has 2 aromatic rings. The van der Waals surface area contributed by atoms with Crippen LogP contribution in [0.1, 0.15) is 35.2 Å². The average molecular weight is 678 g/mol. The van der Waals surface area contributed by atoms with Crippen LogP contribution < -0.4 is 24.3 Å². The number of fused-ring (bicyclic) bond motifs is 1. The number of aliphatic hydroxyl groups excluding tert-OH is 2. The number of carbonyl (C=O) groups is 3. The van der Waals surface area contributed by atoms with Gasteiger partial charge in [0.05, 0.1) is 23.3 Å². The highest BCUT2D eigenvalue weighted by Gasteiger charge is 2.44. The molecule has 3 N–H and O–H groups in total. The quantitative estimate of drug-likeness (QED) is 0.241. The van der Waals surface area contributed by atoms with E-state index in [1.165, 1.54) is 19.3 Å². The molecule has 1 saturated carbocycles. The molecule has 5 rings (SSSR count). The van der Waals surface area contributed by atoms with Gasteiger partial charge in [-0.3, -0.25) is 14.4 Å². The molecule has 0 aromatic heterocycles. The van der Waals surface area contributed by atoms with Crippen LogP contribution in [0.25, 0.3) is 0 Å². The smallest absolute Gasteiger partial charge is 0.247 e. The molecule has 218 valence electrons. The van der Waals surface area contributed by atoms with Gasteiger partial charge in [-0.2, -0.15) is 0 Å². The third kappa shape index (κ3) is 6.44. The van der Waals surface area contributed by atoms with Gasteiger partial charge in [-0.05, 0) is 71.3 Å². The first-order chi connectivity index (χ1) is 19.8. The molecule has 2 aromatic carbocycles. The molecule has 3 aliphatic rings. The fraction of sp³-hybridized carbons (Fsp3) is 0.414. The van der Waals surface area contributed by atoms with Crippen LogP contribution in [0.4, 0.5) is 0 Å². The van der Waals surface area contributed by atoms with Crippen molar-refractivity contribution in [2.75, 3.05) is 27.1 Å². The molecule has 11 nitrogen and oxygen atoms in total. The summed E-state index contributed by atoms with van der Waals surface area (Å²) in [7, 11) is 1.44.